The van der Waals surface area contributed by atoms with Crippen LogP contribution in [0.1, 0.15) is 16.1 Å². The molecule has 0 spiro atoms. The minimum atomic E-state index is -0.392. The summed E-state index contributed by atoms with van der Waals surface area (Å²) in [7, 11) is 0. The SMILES string of the molecule is O=C(OCc1cc(-c2ccccc2)on1)c1ccc(Br)cc1. The van der Waals surface area contributed by atoms with Gasteiger partial charge in [-0.3, -0.25) is 0 Å². The van der Waals surface area contributed by atoms with E-state index < -0.39 is 5.97 Å². The minimum Gasteiger partial charge on any atom is -0.455 e. The van der Waals surface area contributed by atoms with E-state index in [0.29, 0.717) is 17.0 Å². The van der Waals surface area contributed by atoms with E-state index in [1.54, 1.807) is 30.3 Å². The van der Waals surface area contributed by atoms with E-state index >= 15 is 0 Å². The Balaban J connectivity index is 1.64. The second-order valence-corrected chi connectivity index (χ2v) is 5.55. The molecule has 0 amide bonds. The Morgan fingerprint density at radius 1 is 1.09 bits per heavy atom. The Morgan fingerprint density at radius 3 is 2.55 bits per heavy atom. The third kappa shape index (κ3) is 3.43. The van der Waals surface area contributed by atoms with E-state index in [1.165, 1.54) is 0 Å². The molecule has 5 heteroatoms. The van der Waals surface area contributed by atoms with Gasteiger partial charge < -0.3 is 9.26 Å². The second kappa shape index (κ2) is 6.58. The lowest BCUT2D eigenvalue weighted by molar-refractivity contribution is 0.0464. The van der Waals surface area contributed by atoms with Gasteiger partial charge in [-0.05, 0) is 24.3 Å². The first kappa shape index (κ1) is 14.5. The number of aromatic nitrogens is 1. The van der Waals surface area contributed by atoms with Crippen LogP contribution < -0.4 is 0 Å². The van der Waals surface area contributed by atoms with Crippen LogP contribution in [0.3, 0.4) is 0 Å². The van der Waals surface area contributed by atoms with Crippen molar-refractivity contribution in [2.75, 3.05) is 0 Å². The summed E-state index contributed by atoms with van der Waals surface area (Å²) in [5.74, 6) is 0.257. The van der Waals surface area contributed by atoms with Gasteiger partial charge in [0, 0.05) is 16.1 Å². The predicted octanol–water partition coefficient (Wildman–Crippen LogP) is 4.46. The van der Waals surface area contributed by atoms with E-state index in [-0.39, 0.29) is 6.61 Å². The maximum Gasteiger partial charge on any atom is 0.338 e. The summed E-state index contributed by atoms with van der Waals surface area (Å²) in [6.07, 6.45) is 0. The summed E-state index contributed by atoms with van der Waals surface area (Å²) in [6.45, 7) is 0.0746. The van der Waals surface area contributed by atoms with Crippen molar-refractivity contribution < 1.29 is 14.1 Å². The summed E-state index contributed by atoms with van der Waals surface area (Å²) in [4.78, 5) is 11.9. The summed E-state index contributed by atoms with van der Waals surface area (Å²) in [5.41, 5.74) is 2.00. The topological polar surface area (TPSA) is 52.3 Å². The zero-order valence-electron chi connectivity index (χ0n) is 11.5. The van der Waals surface area contributed by atoms with E-state index in [2.05, 4.69) is 21.1 Å². The van der Waals surface area contributed by atoms with Crippen molar-refractivity contribution in [1.29, 1.82) is 0 Å². The van der Waals surface area contributed by atoms with Crippen molar-refractivity contribution in [2.24, 2.45) is 0 Å². The molecule has 0 fully saturated rings. The third-order valence-electron chi connectivity index (χ3n) is 3.05. The number of benzene rings is 2. The fourth-order valence-electron chi connectivity index (χ4n) is 1.93. The largest absolute Gasteiger partial charge is 0.455 e. The van der Waals surface area contributed by atoms with E-state index in [9.17, 15) is 4.79 Å². The van der Waals surface area contributed by atoms with E-state index in [4.69, 9.17) is 9.26 Å². The maximum absolute atomic E-state index is 11.9. The van der Waals surface area contributed by atoms with Gasteiger partial charge in [-0.15, -0.1) is 0 Å². The van der Waals surface area contributed by atoms with Gasteiger partial charge in [0.2, 0.25) is 0 Å². The molecule has 2 aromatic carbocycles. The standard InChI is InChI=1S/C17H12BrNO3/c18-14-8-6-13(7-9-14)17(20)21-11-15-10-16(22-19-15)12-4-2-1-3-5-12/h1-10H,11H2. The number of rotatable bonds is 4. The zero-order valence-corrected chi connectivity index (χ0v) is 13.1. The molecular weight excluding hydrogens is 346 g/mol. The highest BCUT2D eigenvalue weighted by molar-refractivity contribution is 9.10. The molecule has 0 radical (unpaired) electrons. The monoisotopic (exact) mass is 357 g/mol. The van der Waals surface area contributed by atoms with Crippen molar-refractivity contribution in [3.05, 3.63) is 76.4 Å². The van der Waals surface area contributed by atoms with Gasteiger partial charge in [0.05, 0.1) is 5.56 Å². The van der Waals surface area contributed by atoms with Crippen LogP contribution in [0.25, 0.3) is 11.3 Å². The average Bonchev–Trinajstić information content (AvgIpc) is 3.03. The van der Waals surface area contributed by atoms with Crippen molar-refractivity contribution in [1.82, 2.24) is 5.16 Å². The van der Waals surface area contributed by atoms with Gasteiger partial charge >= 0.3 is 5.97 Å². The molecule has 0 aliphatic carbocycles. The molecule has 0 atom stereocenters. The van der Waals surface area contributed by atoms with Gasteiger partial charge in [-0.1, -0.05) is 51.4 Å². The lowest BCUT2D eigenvalue weighted by atomic mass is 10.2. The minimum absolute atomic E-state index is 0.0746. The Morgan fingerprint density at radius 2 is 1.82 bits per heavy atom. The van der Waals surface area contributed by atoms with Crippen LogP contribution in [-0.4, -0.2) is 11.1 Å². The molecule has 3 rings (SSSR count). The van der Waals surface area contributed by atoms with Crippen molar-refractivity contribution in [3.8, 4) is 11.3 Å². The average molecular weight is 358 g/mol. The van der Waals surface area contributed by atoms with Gasteiger partial charge in [-0.25, -0.2) is 4.79 Å². The van der Waals surface area contributed by atoms with Crippen LogP contribution in [0.15, 0.2) is 69.7 Å². The molecule has 1 aromatic heterocycles. The highest BCUT2D eigenvalue weighted by atomic mass is 79.9. The molecule has 3 aromatic rings. The number of hydrogen-bond acceptors (Lipinski definition) is 4. The summed E-state index contributed by atoms with van der Waals surface area (Å²) in [5, 5.41) is 3.91. The number of halogens is 1. The molecular formula is C17H12BrNO3. The predicted molar refractivity (Wildman–Crippen MR) is 85.2 cm³/mol. The molecule has 0 aliphatic heterocycles. The maximum atomic E-state index is 11.9. The van der Waals surface area contributed by atoms with Crippen molar-refractivity contribution in [3.63, 3.8) is 0 Å². The zero-order chi connectivity index (χ0) is 15.4. The third-order valence-corrected chi connectivity index (χ3v) is 3.58. The van der Waals surface area contributed by atoms with Crippen molar-refractivity contribution in [2.45, 2.75) is 6.61 Å². The van der Waals surface area contributed by atoms with Gasteiger partial charge in [-0.2, -0.15) is 0 Å². The Labute approximate surface area is 135 Å². The quantitative estimate of drug-likeness (QED) is 0.646. The van der Waals surface area contributed by atoms with Gasteiger partial charge in [0.1, 0.15) is 12.3 Å². The molecule has 0 unspecified atom stereocenters. The molecule has 0 bridgehead atoms. The molecule has 22 heavy (non-hydrogen) atoms. The fraction of sp³-hybridized carbons (Fsp3) is 0.0588. The summed E-state index contributed by atoms with van der Waals surface area (Å²) >= 11 is 3.32. The van der Waals surface area contributed by atoms with Crippen LogP contribution in [0.2, 0.25) is 0 Å². The number of carbonyl (C=O) groups is 1. The van der Waals surface area contributed by atoms with Crippen LogP contribution in [0.4, 0.5) is 0 Å². The molecule has 0 saturated heterocycles. The van der Waals surface area contributed by atoms with Gasteiger partial charge in [0.15, 0.2) is 5.76 Å². The normalized spacial score (nSPS) is 10.4. The van der Waals surface area contributed by atoms with Crippen LogP contribution in [0, 0.1) is 0 Å². The molecule has 0 N–H and O–H groups in total. The molecule has 0 aliphatic rings. The summed E-state index contributed by atoms with van der Waals surface area (Å²) < 4.78 is 11.4. The van der Waals surface area contributed by atoms with E-state index in [1.807, 2.05) is 30.3 Å². The van der Waals surface area contributed by atoms with Crippen LogP contribution in [-0.2, 0) is 11.3 Å². The smallest absolute Gasteiger partial charge is 0.338 e. The Hall–Kier alpha value is -2.40. The number of nitrogens with zero attached hydrogens (tertiary/aromatic N) is 1. The lowest BCUT2D eigenvalue weighted by Gasteiger charge is -2.02. The summed E-state index contributed by atoms with van der Waals surface area (Å²) in [6, 6.07) is 18.4. The second-order valence-electron chi connectivity index (χ2n) is 4.63. The molecule has 110 valence electrons. The first-order valence-corrected chi connectivity index (χ1v) is 7.45. The first-order chi connectivity index (χ1) is 10.7. The van der Waals surface area contributed by atoms with Crippen LogP contribution >= 0.6 is 15.9 Å². The number of hydrogen-bond donors (Lipinski definition) is 0. The molecule has 0 saturated carbocycles. The Kier molecular flexibility index (Phi) is 4.34. The molecule has 4 nitrogen and oxygen atoms in total. The molecule has 1 heterocycles. The fourth-order valence-corrected chi connectivity index (χ4v) is 2.19. The number of ether oxygens (including phenoxy) is 1. The number of esters is 1. The lowest BCUT2D eigenvalue weighted by Crippen LogP contribution is -2.05. The number of carbonyl (C=O) groups excluding carboxylic acids is 1. The van der Waals surface area contributed by atoms with Gasteiger partial charge in [0.25, 0.3) is 0 Å². The Bertz CT molecular complexity index is 766. The van der Waals surface area contributed by atoms with Crippen molar-refractivity contribution >= 4 is 21.9 Å². The van der Waals surface area contributed by atoms with E-state index in [0.717, 1.165) is 10.0 Å². The first-order valence-electron chi connectivity index (χ1n) is 6.66. The highest BCUT2D eigenvalue weighted by Crippen LogP contribution is 2.20. The highest BCUT2D eigenvalue weighted by Gasteiger charge is 2.10. The van der Waals surface area contributed by atoms with Crippen LogP contribution in [0.5, 0.6) is 0 Å².